The van der Waals surface area contributed by atoms with Gasteiger partial charge in [0.15, 0.2) is 0 Å². The normalized spacial score (nSPS) is 12.2. The maximum absolute atomic E-state index is 12.4. The van der Waals surface area contributed by atoms with Gasteiger partial charge in [-0.15, -0.1) is 0 Å². The van der Waals surface area contributed by atoms with E-state index in [0.717, 1.165) is 5.56 Å². The van der Waals surface area contributed by atoms with Gasteiger partial charge in [-0.05, 0) is 24.6 Å². The molecule has 0 fully saturated rings. The predicted octanol–water partition coefficient (Wildman–Crippen LogP) is 3.61. The highest BCUT2D eigenvalue weighted by molar-refractivity contribution is 5.85. The van der Waals surface area contributed by atoms with Crippen LogP contribution in [0.15, 0.2) is 63.8 Å². The number of fused-ring (bicyclic) bond motifs is 1. The Bertz CT molecular complexity index is 910. The number of carbonyl (C=O) groups excluding carboxylic acids is 1. The Labute approximate surface area is 133 Å². The first-order valence-corrected chi connectivity index (χ1v) is 7.37. The van der Waals surface area contributed by atoms with Crippen molar-refractivity contribution in [3.8, 4) is 5.75 Å². The van der Waals surface area contributed by atoms with Crippen molar-refractivity contribution in [1.82, 2.24) is 0 Å². The van der Waals surface area contributed by atoms with Crippen molar-refractivity contribution < 1.29 is 14.3 Å². The molecule has 1 aromatic heterocycles. The third-order valence-electron chi connectivity index (χ3n) is 3.86. The summed E-state index contributed by atoms with van der Waals surface area (Å²) >= 11 is 0. The molecule has 0 bridgehead atoms. The number of hydrogen-bond acceptors (Lipinski definition) is 4. The smallest absolute Gasteiger partial charge is 0.343 e. The lowest BCUT2D eigenvalue weighted by Gasteiger charge is -2.17. The summed E-state index contributed by atoms with van der Waals surface area (Å²) in [5.74, 6) is -0.715. The second kappa shape index (κ2) is 6.08. The summed E-state index contributed by atoms with van der Waals surface area (Å²) in [4.78, 5) is 24.1. The van der Waals surface area contributed by atoms with Crippen LogP contribution in [0.1, 0.15) is 30.4 Å². The van der Waals surface area contributed by atoms with Gasteiger partial charge in [0.2, 0.25) is 0 Å². The van der Waals surface area contributed by atoms with Crippen LogP contribution >= 0.6 is 0 Å². The lowest BCUT2D eigenvalue weighted by molar-refractivity contribution is -0.117. The number of carbonyl (C=O) groups is 1. The number of aromatic hydroxyl groups is 1. The fourth-order valence-corrected chi connectivity index (χ4v) is 2.81. The summed E-state index contributed by atoms with van der Waals surface area (Å²) in [5.41, 5.74) is 0.635. The standard InChI is InChI=1S/C19H16O4/c1-12(20)11-15(13-7-3-2-4-8-13)17-18(21)14-9-5-6-10-16(14)23-19(17)22/h2-10,15,21H,11H2,1H3/i11+2. The quantitative estimate of drug-likeness (QED) is 0.747. The molecule has 3 aromatic rings. The van der Waals surface area contributed by atoms with Crippen molar-refractivity contribution in [2.24, 2.45) is 0 Å². The van der Waals surface area contributed by atoms with Crippen LogP contribution in [0.5, 0.6) is 5.75 Å². The second-order valence-electron chi connectivity index (χ2n) is 5.52. The van der Waals surface area contributed by atoms with Crippen LogP contribution < -0.4 is 5.63 Å². The van der Waals surface area contributed by atoms with Crippen LogP contribution in [-0.4, -0.2) is 10.9 Å². The molecule has 0 radical (unpaired) electrons. The van der Waals surface area contributed by atoms with Gasteiger partial charge in [0.25, 0.3) is 0 Å². The molecule has 4 heteroatoms. The summed E-state index contributed by atoms with van der Waals surface area (Å²) in [7, 11) is 0. The highest BCUT2D eigenvalue weighted by atomic mass is 16.4. The molecule has 0 amide bonds. The van der Waals surface area contributed by atoms with Crippen molar-refractivity contribution in [3.05, 3.63) is 76.1 Å². The summed E-state index contributed by atoms with van der Waals surface area (Å²) in [5, 5.41) is 11.1. The molecule has 1 heterocycles. The molecular formula is C19H16O4. The van der Waals surface area contributed by atoms with Crippen LogP contribution in [-0.2, 0) is 4.79 Å². The molecule has 23 heavy (non-hydrogen) atoms. The monoisotopic (exact) mass is 310 g/mol. The average Bonchev–Trinajstić information content (AvgIpc) is 2.54. The summed E-state index contributed by atoms with van der Waals surface area (Å²) in [6.07, 6.45) is 0.126. The Morgan fingerprint density at radius 1 is 1.09 bits per heavy atom. The van der Waals surface area contributed by atoms with Crippen molar-refractivity contribution in [1.29, 1.82) is 0 Å². The highest BCUT2D eigenvalue weighted by Crippen LogP contribution is 2.35. The number of para-hydroxylation sites is 1. The fraction of sp³-hybridized carbons (Fsp3) is 0.158. The second-order valence-corrected chi connectivity index (χ2v) is 5.52. The predicted molar refractivity (Wildman–Crippen MR) is 87.7 cm³/mol. The van der Waals surface area contributed by atoms with Gasteiger partial charge < -0.3 is 9.52 Å². The molecule has 0 saturated heterocycles. The Morgan fingerprint density at radius 3 is 2.43 bits per heavy atom. The zero-order valence-electron chi connectivity index (χ0n) is 12.7. The Morgan fingerprint density at radius 2 is 1.74 bits per heavy atom. The van der Waals surface area contributed by atoms with Crippen molar-refractivity contribution in [2.75, 3.05) is 0 Å². The number of rotatable bonds is 4. The van der Waals surface area contributed by atoms with Gasteiger partial charge in [0.1, 0.15) is 17.1 Å². The molecule has 2 aromatic carbocycles. The third kappa shape index (κ3) is 2.88. The first kappa shape index (κ1) is 15.0. The molecule has 116 valence electrons. The summed E-state index contributed by atoms with van der Waals surface area (Å²) < 4.78 is 5.33. The molecule has 1 atom stereocenters. The van der Waals surface area contributed by atoms with Crippen LogP contribution in [0.2, 0.25) is 0 Å². The maximum Gasteiger partial charge on any atom is 0.343 e. The van der Waals surface area contributed by atoms with E-state index >= 15 is 0 Å². The minimum Gasteiger partial charge on any atom is -0.507 e. The van der Waals surface area contributed by atoms with Gasteiger partial charge in [0, 0.05) is 12.3 Å². The number of ketones is 1. The number of benzene rings is 2. The molecular weight excluding hydrogens is 294 g/mol. The lowest BCUT2D eigenvalue weighted by atomic mass is 9.98. The summed E-state index contributed by atoms with van der Waals surface area (Å²) in [6.45, 7) is 1.47. The first-order valence-electron chi connectivity index (χ1n) is 7.37. The van der Waals surface area contributed by atoms with Crippen molar-refractivity contribution in [2.45, 2.75) is 19.3 Å². The molecule has 4 nitrogen and oxygen atoms in total. The Kier molecular flexibility index (Phi) is 3.98. The highest BCUT2D eigenvalue weighted by Gasteiger charge is 2.25. The van der Waals surface area contributed by atoms with E-state index in [1.165, 1.54) is 6.92 Å². The third-order valence-corrected chi connectivity index (χ3v) is 3.86. The minimum atomic E-state index is -0.615. The molecule has 0 aliphatic carbocycles. The largest absolute Gasteiger partial charge is 0.507 e. The SMILES string of the molecule is CC(=O)[14CH2]C(c1ccccc1)c1c(O)c2ccccc2oc1=O. The molecule has 0 aliphatic rings. The van der Waals surface area contributed by atoms with Gasteiger partial charge in [-0.1, -0.05) is 42.5 Å². The zero-order valence-corrected chi connectivity index (χ0v) is 12.7. The number of hydrogen-bond donors (Lipinski definition) is 1. The van der Waals surface area contributed by atoms with E-state index in [1.54, 1.807) is 24.3 Å². The Balaban J connectivity index is 2.26. The summed E-state index contributed by atoms with van der Waals surface area (Å²) in [6, 6.07) is 16.0. The molecule has 0 saturated carbocycles. The molecule has 0 aliphatic heterocycles. The van der Waals surface area contributed by atoms with E-state index in [9.17, 15) is 14.7 Å². The zero-order chi connectivity index (χ0) is 16.4. The first-order chi connectivity index (χ1) is 11.1. The minimum absolute atomic E-state index is 0.0641. The van der Waals surface area contributed by atoms with Crippen LogP contribution in [0.3, 0.4) is 0 Å². The average molecular weight is 310 g/mol. The van der Waals surface area contributed by atoms with E-state index in [2.05, 4.69) is 0 Å². The van der Waals surface area contributed by atoms with E-state index in [4.69, 9.17) is 4.42 Å². The van der Waals surface area contributed by atoms with Gasteiger partial charge in [0.05, 0.1) is 10.9 Å². The fourth-order valence-electron chi connectivity index (χ4n) is 2.81. The van der Waals surface area contributed by atoms with Gasteiger partial charge >= 0.3 is 5.63 Å². The van der Waals surface area contributed by atoms with E-state index in [1.807, 2.05) is 30.3 Å². The van der Waals surface area contributed by atoms with Gasteiger partial charge in [-0.2, -0.15) is 0 Å². The molecule has 1 N–H and O–H groups in total. The van der Waals surface area contributed by atoms with Crippen molar-refractivity contribution >= 4 is 16.8 Å². The maximum atomic E-state index is 12.4. The van der Waals surface area contributed by atoms with E-state index < -0.39 is 11.5 Å². The molecule has 3 rings (SSSR count). The topological polar surface area (TPSA) is 67.5 Å². The van der Waals surface area contributed by atoms with Crippen LogP contribution in [0.25, 0.3) is 11.0 Å². The number of Topliss-reactive ketones (excluding diaryl/α,β-unsaturated/α-hetero) is 1. The lowest BCUT2D eigenvalue weighted by Crippen LogP contribution is -2.16. The van der Waals surface area contributed by atoms with E-state index in [0.29, 0.717) is 11.0 Å². The molecule has 1 unspecified atom stereocenters. The van der Waals surface area contributed by atoms with E-state index in [-0.39, 0.29) is 23.5 Å². The van der Waals surface area contributed by atoms with Crippen LogP contribution in [0, 0.1) is 0 Å². The van der Waals surface area contributed by atoms with Gasteiger partial charge in [-0.25, -0.2) is 4.79 Å². The van der Waals surface area contributed by atoms with Gasteiger partial charge in [-0.3, -0.25) is 4.79 Å². The van der Waals surface area contributed by atoms with Crippen LogP contribution in [0.4, 0.5) is 0 Å². The Hall–Kier alpha value is -2.88. The van der Waals surface area contributed by atoms with Crippen molar-refractivity contribution in [3.63, 3.8) is 0 Å². The molecule has 0 spiro atoms.